The van der Waals surface area contributed by atoms with Gasteiger partial charge in [0.2, 0.25) is 5.84 Å². The van der Waals surface area contributed by atoms with Gasteiger partial charge in [-0.1, -0.05) is 6.92 Å². The minimum atomic E-state index is 0.414. The molecular weight excluding hydrogens is 198 g/mol. The number of amidine groups is 1. The molecule has 3 nitrogen and oxygen atoms in total. The lowest BCUT2D eigenvalue weighted by atomic mass is 9.34. The molecule has 84 valence electrons. The van der Waals surface area contributed by atoms with E-state index in [4.69, 9.17) is 5.26 Å². The van der Waals surface area contributed by atoms with Gasteiger partial charge in [-0.3, -0.25) is 4.99 Å². The molecule has 6 atom stereocenters. The van der Waals surface area contributed by atoms with E-state index in [2.05, 4.69) is 23.3 Å². The van der Waals surface area contributed by atoms with Crippen LogP contribution in [0.15, 0.2) is 4.99 Å². The van der Waals surface area contributed by atoms with Crippen molar-refractivity contribution in [3.63, 3.8) is 0 Å². The number of nitrogens with one attached hydrogen (secondary N) is 1. The van der Waals surface area contributed by atoms with Crippen LogP contribution >= 0.6 is 0 Å². The lowest BCUT2D eigenvalue weighted by Gasteiger charge is -2.71. The summed E-state index contributed by atoms with van der Waals surface area (Å²) in [6.45, 7) is 2.43. The molecule has 0 spiro atoms. The molecule has 3 aliphatic carbocycles. The van der Waals surface area contributed by atoms with Gasteiger partial charge in [0.25, 0.3) is 0 Å². The molecule has 0 saturated heterocycles. The molecule has 2 bridgehead atoms. The fourth-order valence-electron chi connectivity index (χ4n) is 5.14. The third kappa shape index (κ3) is 0.773. The number of nitriles is 1. The Morgan fingerprint density at radius 2 is 2.25 bits per heavy atom. The van der Waals surface area contributed by atoms with Crippen molar-refractivity contribution in [1.82, 2.24) is 5.32 Å². The van der Waals surface area contributed by atoms with Gasteiger partial charge in [-0.05, 0) is 48.9 Å². The molecule has 3 heteroatoms. The van der Waals surface area contributed by atoms with Gasteiger partial charge in [-0.15, -0.1) is 0 Å². The third-order valence-corrected chi connectivity index (χ3v) is 5.92. The minimum absolute atomic E-state index is 0.414. The first-order valence-corrected chi connectivity index (χ1v) is 6.49. The molecule has 1 N–H and O–H groups in total. The molecule has 3 saturated carbocycles. The maximum absolute atomic E-state index is 9.06. The Morgan fingerprint density at radius 1 is 1.38 bits per heavy atom. The maximum atomic E-state index is 9.06. The van der Waals surface area contributed by atoms with E-state index in [9.17, 15) is 0 Å². The molecule has 0 amide bonds. The summed E-state index contributed by atoms with van der Waals surface area (Å²) in [5, 5.41) is 12.4. The normalized spacial score (nSPS) is 56.5. The highest BCUT2D eigenvalue weighted by molar-refractivity contribution is 5.97. The molecule has 16 heavy (non-hydrogen) atoms. The van der Waals surface area contributed by atoms with Crippen LogP contribution in [0.1, 0.15) is 32.6 Å². The Morgan fingerprint density at radius 3 is 2.94 bits per heavy atom. The molecule has 0 radical (unpaired) electrons. The Kier molecular flexibility index (Phi) is 1.48. The van der Waals surface area contributed by atoms with Crippen LogP contribution in [0.25, 0.3) is 0 Å². The topological polar surface area (TPSA) is 48.2 Å². The predicted molar refractivity (Wildman–Crippen MR) is 60.8 cm³/mol. The summed E-state index contributed by atoms with van der Waals surface area (Å²) >= 11 is 0. The molecule has 3 fully saturated rings. The molecule has 5 aliphatic rings. The average molecular weight is 215 g/mol. The van der Waals surface area contributed by atoms with E-state index in [0.717, 1.165) is 17.8 Å². The van der Waals surface area contributed by atoms with E-state index in [1.165, 1.54) is 25.7 Å². The minimum Gasteiger partial charge on any atom is -0.358 e. The van der Waals surface area contributed by atoms with Crippen LogP contribution in [0.5, 0.6) is 0 Å². The van der Waals surface area contributed by atoms with Crippen molar-refractivity contribution in [2.75, 3.05) is 0 Å². The van der Waals surface area contributed by atoms with Crippen LogP contribution in [-0.2, 0) is 0 Å². The summed E-state index contributed by atoms with van der Waals surface area (Å²) in [6.07, 6.45) is 5.21. The van der Waals surface area contributed by atoms with Crippen molar-refractivity contribution in [3.8, 4) is 6.07 Å². The fraction of sp³-hybridized carbons (Fsp3) is 0.846. The highest BCUT2D eigenvalue weighted by Crippen LogP contribution is 2.71. The monoisotopic (exact) mass is 215 g/mol. The van der Waals surface area contributed by atoms with Crippen molar-refractivity contribution in [1.29, 1.82) is 5.26 Å². The van der Waals surface area contributed by atoms with Crippen LogP contribution in [0.4, 0.5) is 0 Å². The summed E-state index contributed by atoms with van der Waals surface area (Å²) in [5.41, 5.74) is 0.414. The number of hydrogen-bond donors (Lipinski definition) is 1. The molecule has 5 rings (SSSR count). The van der Waals surface area contributed by atoms with Crippen LogP contribution in [0.2, 0.25) is 0 Å². The Balaban J connectivity index is 1.79. The van der Waals surface area contributed by atoms with E-state index in [0.29, 0.717) is 23.3 Å². The predicted octanol–water partition coefficient (Wildman–Crippen LogP) is 1.70. The van der Waals surface area contributed by atoms with E-state index >= 15 is 0 Å². The second-order valence-electron chi connectivity index (χ2n) is 6.17. The van der Waals surface area contributed by atoms with E-state index in [1.807, 2.05) is 0 Å². The molecule has 0 aromatic rings. The highest BCUT2D eigenvalue weighted by Gasteiger charge is 2.69. The van der Waals surface area contributed by atoms with Gasteiger partial charge >= 0.3 is 0 Å². The summed E-state index contributed by atoms with van der Waals surface area (Å²) in [4.78, 5) is 4.67. The van der Waals surface area contributed by atoms with Gasteiger partial charge in [-0.25, -0.2) is 0 Å². The number of fused-ring (bicyclic) bond motifs is 3. The molecule has 0 aromatic carbocycles. The summed E-state index contributed by atoms with van der Waals surface area (Å²) < 4.78 is 0. The molecule has 2 heterocycles. The second kappa shape index (κ2) is 2.61. The number of aliphatic imine (C=N–C) groups is 1. The second-order valence-corrected chi connectivity index (χ2v) is 6.17. The molecule has 2 aliphatic heterocycles. The summed E-state index contributed by atoms with van der Waals surface area (Å²) in [7, 11) is 0. The third-order valence-electron chi connectivity index (χ3n) is 5.92. The van der Waals surface area contributed by atoms with Crippen molar-refractivity contribution in [2.24, 2.45) is 28.2 Å². The fourth-order valence-corrected chi connectivity index (χ4v) is 5.14. The zero-order chi connectivity index (χ0) is 10.9. The number of rotatable bonds is 0. The van der Waals surface area contributed by atoms with E-state index < -0.39 is 0 Å². The van der Waals surface area contributed by atoms with Crippen LogP contribution in [-0.4, -0.2) is 17.9 Å². The van der Waals surface area contributed by atoms with Gasteiger partial charge < -0.3 is 5.32 Å². The zero-order valence-electron chi connectivity index (χ0n) is 9.61. The molecule has 0 aromatic heterocycles. The van der Waals surface area contributed by atoms with Crippen molar-refractivity contribution >= 4 is 5.84 Å². The Bertz CT molecular complexity index is 421. The Labute approximate surface area is 95.9 Å². The van der Waals surface area contributed by atoms with Crippen molar-refractivity contribution in [2.45, 2.75) is 44.7 Å². The smallest absolute Gasteiger partial charge is 0.201 e. The first-order chi connectivity index (χ1) is 7.75. The van der Waals surface area contributed by atoms with E-state index in [-0.39, 0.29) is 0 Å². The highest BCUT2D eigenvalue weighted by atomic mass is 15.1. The maximum Gasteiger partial charge on any atom is 0.201 e. The van der Waals surface area contributed by atoms with Gasteiger partial charge in [0.05, 0.1) is 6.04 Å². The van der Waals surface area contributed by atoms with Gasteiger partial charge in [-0.2, -0.15) is 5.26 Å². The summed E-state index contributed by atoms with van der Waals surface area (Å²) in [6, 6.07) is 3.17. The largest absolute Gasteiger partial charge is 0.358 e. The Hall–Kier alpha value is -1.04. The lowest BCUT2D eigenvalue weighted by Crippen LogP contribution is -2.70. The van der Waals surface area contributed by atoms with Crippen molar-refractivity contribution in [3.05, 3.63) is 0 Å². The zero-order valence-corrected chi connectivity index (χ0v) is 9.61. The van der Waals surface area contributed by atoms with Gasteiger partial charge in [0.15, 0.2) is 0 Å². The van der Waals surface area contributed by atoms with Crippen molar-refractivity contribution < 1.29 is 0 Å². The lowest BCUT2D eigenvalue weighted by molar-refractivity contribution is -0.211. The van der Waals surface area contributed by atoms with Crippen LogP contribution in [0, 0.1) is 34.5 Å². The van der Waals surface area contributed by atoms with Crippen LogP contribution < -0.4 is 5.32 Å². The summed E-state index contributed by atoms with van der Waals surface area (Å²) in [5.74, 6) is 3.24. The SMILES string of the molecule is CC12[C@H]([C@@H]3CC[C@@H]31)[C@H]1CC[C@@H]2N=C(C#N)N1. The first-order valence-electron chi connectivity index (χ1n) is 6.49. The average Bonchev–Trinajstić information content (AvgIpc) is 2.49. The van der Waals surface area contributed by atoms with Gasteiger partial charge in [0.1, 0.15) is 6.07 Å². The van der Waals surface area contributed by atoms with Gasteiger partial charge in [0, 0.05) is 6.04 Å². The van der Waals surface area contributed by atoms with E-state index in [1.54, 1.807) is 0 Å². The standard InChI is InChI=1S/C13H17N3/c1-13-8-3-2-7(8)12(13)9-4-5-10(13)16-11(6-14)15-9/h7-10,12H,2-5H2,1H3,(H,15,16)/t7-,8+,9-,10+,12-,13?/m1/s1. The molecular formula is C13H17N3. The van der Waals surface area contributed by atoms with Crippen LogP contribution in [0.3, 0.4) is 0 Å². The number of nitrogens with zero attached hydrogens (tertiary/aromatic N) is 2. The quantitative estimate of drug-likeness (QED) is 0.668. The number of hydrogen-bond acceptors (Lipinski definition) is 3. The molecule has 1 unspecified atom stereocenters. The first kappa shape index (κ1) is 9.04.